The van der Waals surface area contributed by atoms with Crippen LogP contribution in [0.25, 0.3) is 0 Å². The molecule has 0 aliphatic carbocycles. The van der Waals surface area contributed by atoms with Crippen molar-refractivity contribution in [3.8, 4) is 0 Å². The molecular weight excluding hydrogens is 251 g/mol. The minimum absolute atomic E-state index is 0.0260. The molecule has 1 amide bonds. The van der Waals surface area contributed by atoms with Crippen LogP contribution in [0.1, 0.15) is 30.1 Å². The number of nitrogens with two attached hydrogens (primary N) is 1. The van der Waals surface area contributed by atoms with Gasteiger partial charge in [0.05, 0.1) is 11.3 Å². The van der Waals surface area contributed by atoms with Gasteiger partial charge in [-0.05, 0) is 30.7 Å². The van der Waals surface area contributed by atoms with Crippen molar-refractivity contribution in [3.05, 3.63) is 29.6 Å². The minimum Gasteiger partial charge on any atom is -0.478 e. The van der Waals surface area contributed by atoms with Crippen molar-refractivity contribution >= 4 is 17.6 Å². The average molecular weight is 268 g/mol. The highest BCUT2D eigenvalue weighted by molar-refractivity contribution is 5.92. The van der Waals surface area contributed by atoms with Crippen LogP contribution >= 0.6 is 0 Å². The summed E-state index contributed by atoms with van der Waals surface area (Å²) in [5, 5.41) is 11.1. The first-order valence-electron chi connectivity index (χ1n) is 6.00. The Bertz CT molecular complexity index is 473. The van der Waals surface area contributed by atoms with E-state index in [9.17, 15) is 14.0 Å². The molecule has 0 aromatic heterocycles. The lowest BCUT2D eigenvalue weighted by Gasteiger charge is -2.12. The van der Waals surface area contributed by atoms with Crippen LogP contribution in [0.3, 0.4) is 0 Å². The number of carbonyl (C=O) groups excluding carboxylic acids is 1. The number of nitrogens with one attached hydrogen (secondary N) is 1. The van der Waals surface area contributed by atoms with Crippen LogP contribution in [0.15, 0.2) is 18.2 Å². The zero-order valence-electron chi connectivity index (χ0n) is 10.6. The summed E-state index contributed by atoms with van der Waals surface area (Å²) in [6, 6.07) is 3.35. The SMILES string of the molecule is CCC(CN)CC(=O)Nc1ccc(C(=O)O)cc1F. The van der Waals surface area contributed by atoms with Crippen molar-refractivity contribution in [1.82, 2.24) is 0 Å². The van der Waals surface area contributed by atoms with Crippen LogP contribution in [0.5, 0.6) is 0 Å². The summed E-state index contributed by atoms with van der Waals surface area (Å²) in [5.41, 5.74) is 5.30. The zero-order chi connectivity index (χ0) is 14.4. The molecule has 5 nitrogen and oxygen atoms in total. The maximum atomic E-state index is 13.6. The summed E-state index contributed by atoms with van der Waals surface area (Å²) in [4.78, 5) is 22.3. The molecule has 104 valence electrons. The Labute approximate surface area is 110 Å². The van der Waals surface area contributed by atoms with E-state index in [4.69, 9.17) is 10.8 Å². The Morgan fingerprint density at radius 1 is 1.47 bits per heavy atom. The van der Waals surface area contributed by atoms with Gasteiger partial charge in [-0.25, -0.2) is 9.18 Å². The predicted molar refractivity (Wildman–Crippen MR) is 69.4 cm³/mol. The van der Waals surface area contributed by atoms with Gasteiger partial charge < -0.3 is 16.2 Å². The van der Waals surface area contributed by atoms with Crippen LogP contribution in [-0.2, 0) is 4.79 Å². The van der Waals surface area contributed by atoms with E-state index >= 15 is 0 Å². The average Bonchev–Trinajstić information content (AvgIpc) is 2.38. The van der Waals surface area contributed by atoms with Gasteiger partial charge in [0.2, 0.25) is 5.91 Å². The molecule has 0 bridgehead atoms. The van der Waals surface area contributed by atoms with Crippen molar-refractivity contribution in [1.29, 1.82) is 0 Å². The molecule has 1 aromatic rings. The summed E-state index contributed by atoms with van der Waals surface area (Å²) in [5.74, 6) is -2.26. The fraction of sp³-hybridized carbons (Fsp3) is 0.385. The Morgan fingerprint density at radius 3 is 2.63 bits per heavy atom. The number of rotatable bonds is 6. The van der Waals surface area contributed by atoms with E-state index in [2.05, 4.69) is 5.32 Å². The van der Waals surface area contributed by atoms with Gasteiger partial charge in [0.15, 0.2) is 0 Å². The number of hydrogen-bond acceptors (Lipinski definition) is 3. The van der Waals surface area contributed by atoms with Crippen LogP contribution in [0.2, 0.25) is 0 Å². The van der Waals surface area contributed by atoms with Crippen molar-refractivity contribution < 1.29 is 19.1 Å². The summed E-state index contributed by atoms with van der Waals surface area (Å²) in [6.45, 7) is 2.32. The lowest BCUT2D eigenvalue weighted by Crippen LogP contribution is -2.22. The molecule has 0 aliphatic rings. The third-order valence-corrected chi connectivity index (χ3v) is 2.87. The molecule has 0 saturated heterocycles. The number of amides is 1. The number of halogens is 1. The molecule has 1 unspecified atom stereocenters. The van der Waals surface area contributed by atoms with Crippen LogP contribution in [-0.4, -0.2) is 23.5 Å². The van der Waals surface area contributed by atoms with Crippen LogP contribution in [0, 0.1) is 11.7 Å². The standard InChI is InChI=1S/C13H17FN2O3/c1-2-8(7-15)5-12(17)16-11-4-3-9(13(18)19)6-10(11)14/h3-4,6,8H,2,5,7,15H2,1H3,(H,16,17)(H,18,19). The molecular formula is C13H17FN2O3. The summed E-state index contributed by atoms with van der Waals surface area (Å²) in [7, 11) is 0. The van der Waals surface area contributed by atoms with Crippen molar-refractivity contribution in [2.75, 3.05) is 11.9 Å². The van der Waals surface area contributed by atoms with Crippen molar-refractivity contribution in [2.45, 2.75) is 19.8 Å². The summed E-state index contributed by atoms with van der Waals surface area (Å²) in [6.07, 6.45) is 0.984. The first kappa shape index (κ1) is 15.1. The Morgan fingerprint density at radius 2 is 2.16 bits per heavy atom. The lowest BCUT2D eigenvalue weighted by molar-refractivity contribution is -0.117. The number of carboxylic acid groups (broad SMARTS) is 1. The smallest absolute Gasteiger partial charge is 0.335 e. The monoisotopic (exact) mass is 268 g/mol. The number of benzene rings is 1. The second-order valence-corrected chi connectivity index (χ2v) is 4.26. The molecule has 0 radical (unpaired) electrons. The summed E-state index contributed by atoms with van der Waals surface area (Å²) >= 11 is 0. The number of carboxylic acids is 1. The largest absolute Gasteiger partial charge is 0.478 e. The van der Waals surface area contributed by atoms with Crippen LogP contribution in [0.4, 0.5) is 10.1 Å². The van der Waals surface area contributed by atoms with Crippen LogP contribution < -0.4 is 11.1 Å². The van der Waals surface area contributed by atoms with E-state index in [0.717, 1.165) is 12.5 Å². The van der Waals surface area contributed by atoms with Gasteiger partial charge in [-0.15, -0.1) is 0 Å². The second kappa shape index (κ2) is 6.84. The summed E-state index contributed by atoms with van der Waals surface area (Å²) < 4.78 is 13.6. The van der Waals surface area contributed by atoms with Gasteiger partial charge in [-0.1, -0.05) is 13.3 Å². The number of hydrogen-bond donors (Lipinski definition) is 3. The Kier molecular flexibility index (Phi) is 5.44. The molecule has 1 aromatic carbocycles. The van der Waals surface area contributed by atoms with Crippen molar-refractivity contribution in [2.24, 2.45) is 11.7 Å². The Balaban J connectivity index is 2.72. The second-order valence-electron chi connectivity index (χ2n) is 4.26. The molecule has 19 heavy (non-hydrogen) atoms. The van der Waals surface area contributed by atoms with Gasteiger partial charge in [0.1, 0.15) is 5.82 Å². The van der Waals surface area contributed by atoms with E-state index in [-0.39, 0.29) is 29.5 Å². The normalized spacial score (nSPS) is 11.9. The molecule has 0 fully saturated rings. The molecule has 0 aliphatic heterocycles. The molecule has 0 saturated carbocycles. The topological polar surface area (TPSA) is 92.4 Å². The first-order valence-corrected chi connectivity index (χ1v) is 6.00. The van der Waals surface area contributed by atoms with Crippen molar-refractivity contribution in [3.63, 3.8) is 0 Å². The maximum Gasteiger partial charge on any atom is 0.335 e. The van der Waals surface area contributed by atoms with Gasteiger partial charge >= 0.3 is 5.97 Å². The number of anilines is 1. The van der Waals surface area contributed by atoms with Gasteiger partial charge in [-0.3, -0.25) is 4.79 Å². The molecule has 0 heterocycles. The first-order chi connectivity index (χ1) is 8.97. The highest BCUT2D eigenvalue weighted by Gasteiger charge is 2.13. The number of aromatic carboxylic acids is 1. The Hall–Kier alpha value is -1.95. The lowest BCUT2D eigenvalue weighted by atomic mass is 10.0. The van der Waals surface area contributed by atoms with Gasteiger partial charge in [-0.2, -0.15) is 0 Å². The number of carbonyl (C=O) groups is 2. The quantitative estimate of drug-likeness (QED) is 0.734. The molecule has 1 atom stereocenters. The third kappa shape index (κ3) is 4.33. The minimum atomic E-state index is -1.22. The van der Waals surface area contributed by atoms with E-state index in [1.807, 2.05) is 6.92 Å². The van der Waals surface area contributed by atoms with E-state index in [1.54, 1.807) is 0 Å². The van der Waals surface area contributed by atoms with E-state index < -0.39 is 11.8 Å². The van der Waals surface area contributed by atoms with E-state index in [1.165, 1.54) is 12.1 Å². The fourth-order valence-corrected chi connectivity index (χ4v) is 1.61. The molecule has 6 heteroatoms. The fourth-order valence-electron chi connectivity index (χ4n) is 1.61. The molecule has 1 rings (SSSR count). The molecule has 4 N–H and O–H groups in total. The molecule has 0 spiro atoms. The third-order valence-electron chi connectivity index (χ3n) is 2.87. The van der Waals surface area contributed by atoms with E-state index in [0.29, 0.717) is 6.54 Å². The maximum absolute atomic E-state index is 13.6. The predicted octanol–water partition coefficient (Wildman–Crippen LogP) is 1.84. The zero-order valence-corrected chi connectivity index (χ0v) is 10.6. The highest BCUT2D eigenvalue weighted by atomic mass is 19.1. The highest BCUT2D eigenvalue weighted by Crippen LogP contribution is 2.17. The van der Waals surface area contributed by atoms with Gasteiger partial charge in [0.25, 0.3) is 0 Å². The van der Waals surface area contributed by atoms with Gasteiger partial charge in [0, 0.05) is 6.42 Å².